The highest BCUT2D eigenvalue weighted by Gasteiger charge is 2.36. The van der Waals surface area contributed by atoms with Crippen LogP contribution in [0.1, 0.15) is 54.4 Å². The summed E-state index contributed by atoms with van der Waals surface area (Å²) in [6.07, 6.45) is 2.27. The lowest BCUT2D eigenvalue weighted by molar-refractivity contribution is -0.0548. The average Bonchev–Trinajstić information content (AvgIpc) is 3.08. The van der Waals surface area contributed by atoms with Crippen LogP contribution in [-0.4, -0.2) is 92.9 Å². The first-order chi connectivity index (χ1) is 12.6. The van der Waals surface area contributed by atoms with Gasteiger partial charge in [-0.2, -0.15) is 0 Å². The third-order valence-electron chi connectivity index (χ3n) is 5.50. The number of methoxy groups -OCH3 is 1. The predicted molar refractivity (Wildman–Crippen MR) is 109 cm³/mol. The van der Waals surface area contributed by atoms with E-state index in [1.807, 2.05) is 27.8 Å². The first-order valence-corrected chi connectivity index (χ1v) is 10.4. The number of likely N-dealkylation sites (tertiary alicyclic amines) is 2. The molecular formula is C21H43FN2O3. The van der Waals surface area contributed by atoms with Gasteiger partial charge in [0.1, 0.15) is 6.17 Å². The molecule has 2 heterocycles. The summed E-state index contributed by atoms with van der Waals surface area (Å²) in [6.45, 7) is 14.0. The van der Waals surface area contributed by atoms with Gasteiger partial charge in [0.2, 0.25) is 0 Å². The Hall–Kier alpha value is -0.270. The van der Waals surface area contributed by atoms with Crippen LogP contribution in [0.5, 0.6) is 0 Å². The van der Waals surface area contributed by atoms with Crippen molar-refractivity contribution < 1.29 is 18.6 Å². The van der Waals surface area contributed by atoms with E-state index in [-0.39, 0.29) is 30.5 Å². The smallest absolute Gasteiger partial charge is 0.114 e. The Balaban J connectivity index is 0.000000271. The minimum atomic E-state index is -0.673. The number of ether oxygens (including phenoxy) is 3. The van der Waals surface area contributed by atoms with E-state index in [1.54, 1.807) is 7.11 Å². The Bertz CT molecular complexity index is 411. The van der Waals surface area contributed by atoms with Crippen molar-refractivity contribution in [3.63, 3.8) is 0 Å². The first kappa shape index (κ1) is 24.8. The van der Waals surface area contributed by atoms with Crippen molar-refractivity contribution in [3.05, 3.63) is 0 Å². The van der Waals surface area contributed by atoms with Gasteiger partial charge in [0.25, 0.3) is 0 Å². The lowest BCUT2D eigenvalue weighted by atomic mass is 10.1. The van der Waals surface area contributed by atoms with Crippen LogP contribution in [-0.2, 0) is 14.2 Å². The van der Waals surface area contributed by atoms with E-state index < -0.39 is 6.17 Å². The predicted octanol–water partition coefficient (Wildman–Crippen LogP) is 3.36. The molecule has 0 spiro atoms. The van der Waals surface area contributed by atoms with Crippen LogP contribution in [0.25, 0.3) is 0 Å². The Labute approximate surface area is 166 Å². The second-order valence-electron chi connectivity index (χ2n) is 8.65. The van der Waals surface area contributed by atoms with Crippen LogP contribution >= 0.6 is 0 Å². The number of hydrogen-bond donors (Lipinski definition) is 0. The molecular weight excluding hydrogens is 347 g/mol. The molecule has 0 radical (unpaired) electrons. The number of rotatable bonds is 7. The van der Waals surface area contributed by atoms with E-state index in [1.165, 1.54) is 0 Å². The fourth-order valence-electron chi connectivity index (χ4n) is 4.40. The zero-order chi connectivity index (χ0) is 20.7. The van der Waals surface area contributed by atoms with Crippen molar-refractivity contribution in [1.29, 1.82) is 0 Å². The fourth-order valence-corrected chi connectivity index (χ4v) is 4.40. The maximum absolute atomic E-state index is 13.0. The molecule has 0 saturated carbocycles. The van der Waals surface area contributed by atoms with Gasteiger partial charge in [0.15, 0.2) is 0 Å². The summed E-state index contributed by atoms with van der Waals surface area (Å²) in [4.78, 5) is 4.39. The summed E-state index contributed by atoms with van der Waals surface area (Å²) in [5.74, 6) is 0. The van der Waals surface area contributed by atoms with Gasteiger partial charge in [-0.3, -0.25) is 9.80 Å². The van der Waals surface area contributed by atoms with E-state index in [9.17, 15) is 4.39 Å². The number of hydrogen-bond acceptors (Lipinski definition) is 5. The van der Waals surface area contributed by atoms with E-state index >= 15 is 0 Å². The monoisotopic (exact) mass is 390 g/mol. The highest BCUT2D eigenvalue weighted by Crippen LogP contribution is 2.24. The molecule has 2 aliphatic heterocycles. The van der Waals surface area contributed by atoms with Crippen LogP contribution in [0.3, 0.4) is 0 Å². The van der Waals surface area contributed by atoms with Crippen LogP contribution in [0.2, 0.25) is 0 Å². The Morgan fingerprint density at radius 1 is 0.889 bits per heavy atom. The molecule has 4 unspecified atom stereocenters. The van der Waals surface area contributed by atoms with Crippen LogP contribution in [0.15, 0.2) is 0 Å². The van der Waals surface area contributed by atoms with Gasteiger partial charge in [-0.25, -0.2) is 4.39 Å². The molecule has 2 fully saturated rings. The van der Waals surface area contributed by atoms with Crippen LogP contribution in [0, 0.1) is 0 Å². The number of nitrogens with zero attached hydrogens (tertiary/aromatic N) is 2. The van der Waals surface area contributed by atoms with Gasteiger partial charge in [-0.15, -0.1) is 0 Å². The molecule has 0 aromatic heterocycles. The molecule has 162 valence electrons. The molecule has 0 N–H and O–H groups in total. The molecule has 2 rings (SSSR count). The van der Waals surface area contributed by atoms with E-state index in [4.69, 9.17) is 14.2 Å². The normalized spacial score (nSPS) is 32.0. The minimum Gasteiger partial charge on any atom is -0.380 e. The van der Waals surface area contributed by atoms with E-state index in [0.717, 1.165) is 13.0 Å². The third-order valence-corrected chi connectivity index (χ3v) is 5.50. The second kappa shape index (κ2) is 11.7. The topological polar surface area (TPSA) is 34.2 Å². The summed E-state index contributed by atoms with van der Waals surface area (Å²) in [5.41, 5.74) is 0. The third kappa shape index (κ3) is 7.94. The van der Waals surface area contributed by atoms with Crippen LogP contribution in [0.4, 0.5) is 4.39 Å². The van der Waals surface area contributed by atoms with Crippen molar-refractivity contribution in [2.24, 2.45) is 0 Å². The first-order valence-electron chi connectivity index (χ1n) is 10.4. The zero-order valence-corrected chi connectivity index (χ0v) is 18.9. The lowest BCUT2D eigenvalue weighted by Gasteiger charge is -2.31. The summed E-state index contributed by atoms with van der Waals surface area (Å²) >= 11 is 0. The van der Waals surface area contributed by atoms with Gasteiger partial charge in [0.05, 0.1) is 36.6 Å². The van der Waals surface area contributed by atoms with Gasteiger partial charge >= 0.3 is 0 Å². The molecule has 6 heteroatoms. The van der Waals surface area contributed by atoms with E-state index in [0.29, 0.717) is 25.1 Å². The largest absolute Gasteiger partial charge is 0.380 e. The molecule has 6 atom stereocenters. The summed E-state index contributed by atoms with van der Waals surface area (Å²) in [5, 5.41) is 0. The second-order valence-corrected chi connectivity index (χ2v) is 8.65. The number of halogens is 1. The van der Waals surface area contributed by atoms with Gasteiger partial charge in [0, 0.05) is 26.2 Å². The zero-order valence-electron chi connectivity index (χ0n) is 18.9. The van der Waals surface area contributed by atoms with Gasteiger partial charge in [-0.05, 0) is 68.5 Å². The molecule has 2 aliphatic rings. The fraction of sp³-hybridized carbons (Fsp3) is 1.00. The molecule has 0 aromatic rings. The minimum absolute atomic E-state index is 0.130. The Morgan fingerprint density at radius 2 is 1.44 bits per heavy atom. The maximum Gasteiger partial charge on any atom is 0.114 e. The summed E-state index contributed by atoms with van der Waals surface area (Å²) in [6, 6.07) is 0.653. The lowest BCUT2D eigenvalue weighted by Crippen LogP contribution is -2.44. The van der Waals surface area contributed by atoms with E-state index in [2.05, 4.69) is 37.6 Å². The standard InChI is InChI=1S/C11H23NO2.C10H20FNO/c1-8(2)14-9(3)11-10(13-5)6-7-12(11)4;1-7(2)13-8(3)10-5-9(11)6-12(10)4/h8-11H,6-7H2,1-5H3;7-10H,5-6H2,1-4H3/t9-,10?,11?;8-,9?,10?/m00/s1. The number of likely N-dealkylation sites (N-methyl/N-ethyl adjacent to an activating group) is 2. The molecule has 0 amide bonds. The van der Waals surface area contributed by atoms with Crippen molar-refractivity contribution in [1.82, 2.24) is 9.80 Å². The van der Waals surface area contributed by atoms with Crippen molar-refractivity contribution in [3.8, 4) is 0 Å². The van der Waals surface area contributed by atoms with Crippen molar-refractivity contribution >= 4 is 0 Å². The Kier molecular flexibility index (Phi) is 10.7. The van der Waals surface area contributed by atoms with Crippen molar-refractivity contribution in [2.75, 3.05) is 34.3 Å². The Morgan fingerprint density at radius 3 is 1.89 bits per heavy atom. The highest BCUT2D eigenvalue weighted by molar-refractivity contribution is 4.90. The van der Waals surface area contributed by atoms with Gasteiger partial charge < -0.3 is 14.2 Å². The van der Waals surface area contributed by atoms with Gasteiger partial charge in [-0.1, -0.05) is 0 Å². The molecule has 5 nitrogen and oxygen atoms in total. The quantitative estimate of drug-likeness (QED) is 0.666. The molecule has 27 heavy (non-hydrogen) atoms. The summed E-state index contributed by atoms with van der Waals surface area (Å²) in [7, 11) is 5.90. The SMILES string of the molecule is CC(C)O[C@@H](C)C1CC(F)CN1C.COC1CCN(C)C1[C@H](C)OC(C)C. The molecule has 0 aromatic carbocycles. The molecule has 0 aliphatic carbocycles. The summed E-state index contributed by atoms with van der Waals surface area (Å²) < 4.78 is 30.0. The average molecular weight is 391 g/mol. The highest BCUT2D eigenvalue weighted by atomic mass is 19.1. The van der Waals surface area contributed by atoms with Crippen molar-refractivity contribution in [2.45, 2.75) is 103 Å². The molecule has 0 bridgehead atoms. The number of alkyl halides is 1. The van der Waals surface area contributed by atoms with Crippen LogP contribution < -0.4 is 0 Å². The maximum atomic E-state index is 13.0. The molecule has 2 saturated heterocycles.